The fraction of sp³-hybridized carbons (Fsp3) is 0.667. The van der Waals surface area contributed by atoms with Gasteiger partial charge >= 0.3 is 25.5 Å². The third-order valence-electron chi connectivity index (χ3n) is 5.14. The predicted molar refractivity (Wildman–Crippen MR) is 117 cm³/mol. The maximum atomic E-state index is 13.1. The van der Waals surface area contributed by atoms with Gasteiger partial charge in [0.1, 0.15) is 6.04 Å². The van der Waals surface area contributed by atoms with E-state index in [4.69, 9.17) is 24.1 Å². The van der Waals surface area contributed by atoms with Gasteiger partial charge in [-0.05, 0) is 70.2 Å². The molecule has 0 saturated carbocycles. The second-order valence-electron chi connectivity index (χ2n) is 7.81. The molecule has 2 rings (SSSR count). The number of carbonyl (C=O) groups excluding carboxylic acids is 3. The van der Waals surface area contributed by atoms with Crippen LogP contribution in [0.15, 0.2) is 22.8 Å². The van der Waals surface area contributed by atoms with Gasteiger partial charge in [-0.3, -0.25) is 9.09 Å². The molecule has 0 bridgehead atoms. The SMILES string of the molecule is CCCCC(OC(=O)c1ccco1)P(=O)(O)OC(CCCCN)C(=O)OC(=O)[C@@H]1CCCN1. The van der Waals surface area contributed by atoms with Gasteiger partial charge in [-0.2, -0.15) is 0 Å². The molecule has 11 nitrogen and oxygen atoms in total. The lowest BCUT2D eigenvalue weighted by Crippen LogP contribution is -2.37. The van der Waals surface area contributed by atoms with Crippen molar-refractivity contribution in [3.8, 4) is 0 Å². The van der Waals surface area contributed by atoms with Crippen molar-refractivity contribution >= 4 is 25.5 Å². The Kier molecular flexibility index (Phi) is 11.2. The number of carbonyl (C=O) groups is 3. The van der Waals surface area contributed by atoms with E-state index in [9.17, 15) is 23.8 Å². The molecule has 0 aliphatic carbocycles. The quantitative estimate of drug-likeness (QED) is 0.152. The van der Waals surface area contributed by atoms with Gasteiger partial charge in [0.25, 0.3) is 0 Å². The van der Waals surface area contributed by atoms with E-state index in [1.807, 2.05) is 6.92 Å². The van der Waals surface area contributed by atoms with Crippen LogP contribution in [0.3, 0.4) is 0 Å². The number of nitrogens with two attached hydrogens (primary N) is 1. The Bertz CT molecular complexity index is 809. The minimum atomic E-state index is -4.66. The fourth-order valence-corrected chi connectivity index (χ4v) is 4.73. The van der Waals surface area contributed by atoms with Crippen LogP contribution in [-0.2, 0) is 28.2 Å². The molecule has 1 aliphatic heterocycles. The average Bonchev–Trinajstić information content (AvgIpc) is 3.50. The summed E-state index contributed by atoms with van der Waals surface area (Å²) in [4.78, 5) is 47.8. The van der Waals surface area contributed by atoms with E-state index in [0.29, 0.717) is 45.2 Å². The zero-order chi connectivity index (χ0) is 24.3. The smallest absolute Gasteiger partial charge is 0.375 e. The van der Waals surface area contributed by atoms with Crippen LogP contribution in [0.5, 0.6) is 0 Å². The molecule has 1 aromatic heterocycles. The van der Waals surface area contributed by atoms with Gasteiger partial charge < -0.3 is 29.8 Å². The van der Waals surface area contributed by atoms with E-state index in [0.717, 1.165) is 6.42 Å². The number of hydrogen-bond donors (Lipinski definition) is 3. The summed E-state index contributed by atoms with van der Waals surface area (Å²) in [6.45, 7) is 2.85. The van der Waals surface area contributed by atoms with Gasteiger partial charge in [-0.1, -0.05) is 13.3 Å². The Morgan fingerprint density at radius 2 is 2.09 bits per heavy atom. The molecule has 4 N–H and O–H groups in total. The fourth-order valence-electron chi connectivity index (χ4n) is 3.30. The number of esters is 3. The largest absolute Gasteiger partial charge is 0.457 e. The van der Waals surface area contributed by atoms with Gasteiger partial charge in [0.05, 0.1) is 6.26 Å². The molecule has 3 unspecified atom stereocenters. The molecule has 0 amide bonds. The molecule has 2 heterocycles. The minimum Gasteiger partial charge on any atom is -0.457 e. The van der Waals surface area contributed by atoms with Gasteiger partial charge in [-0.25, -0.2) is 14.4 Å². The zero-order valence-electron chi connectivity index (χ0n) is 18.8. The molecule has 0 radical (unpaired) electrons. The number of nitrogens with one attached hydrogen (secondary N) is 1. The van der Waals surface area contributed by atoms with Crippen molar-refractivity contribution in [2.24, 2.45) is 5.73 Å². The summed E-state index contributed by atoms with van der Waals surface area (Å²) < 4.78 is 33.5. The molecule has 186 valence electrons. The van der Waals surface area contributed by atoms with Crippen molar-refractivity contribution in [2.75, 3.05) is 13.1 Å². The monoisotopic (exact) mass is 488 g/mol. The lowest BCUT2D eigenvalue weighted by molar-refractivity contribution is -0.166. The average molecular weight is 488 g/mol. The maximum Gasteiger partial charge on any atom is 0.375 e. The first-order valence-electron chi connectivity index (χ1n) is 11.2. The number of unbranched alkanes of at least 4 members (excludes halogenated alkanes) is 2. The summed E-state index contributed by atoms with van der Waals surface area (Å²) >= 11 is 0. The minimum absolute atomic E-state index is 0.0125. The van der Waals surface area contributed by atoms with E-state index < -0.39 is 43.5 Å². The lowest BCUT2D eigenvalue weighted by Gasteiger charge is -2.26. The molecule has 1 aliphatic rings. The van der Waals surface area contributed by atoms with Crippen molar-refractivity contribution in [2.45, 2.75) is 76.3 Å². The normalized spacial score (nSPS) is 19.4. The highest BCUT2D eigenvalue weighted by Crippen LogP contribution is 2.52. The molecular formula is C21H33N2O9P. The highest BCUT2D eigenvalue weighted by Gasteiger charge is 2.41. The topological polar surface area (TPSA) is 167 Å². The number of hydrogen-bond acceptors (Lipinski definition) is 10. The molecule has 1 aromatic rings. The lowest BCUT2D eigenvalue weighted by atomic mass is 10.1. The van der Waals surface area contributed by atoms with Crippen LogP contribution in [0, 0.1) is 0 Å². The zero-order valence-corrected chi connectivity index (χ0v) is 19.7. The van der Waals surface area contributed by atoms with E-state index in [2.05, 4.69) is 5.32 Å². The van der Waals surface area contributed by atoms with Crippen molar-refractivity contribution in [1.29, 1.82) is 0 Å². The second-order valence-corrected chi connectivity index (χ2v) is 9.73. The number of rotatable bonds is 14. The first kappa shape index (κ1) is 27.2. The van der Waals surface area contributed by atoms with E-state index >= 15 is 0 Å². The van der Waals surface area contributed by atoms with Gasteiger partial charge in [0.15, 0.2) is 6.10 Å². The van der Waals surface area contributed by atoms with Crippen LogP contribution < -0.4 is 11.1 Å². The summed E-state index contributed by atoms with van der Waals surface area (Å²) in [5.41, 5.74) is 5.50. The summed E-state index contributed by atoms with van der Waals surface area (Å²) in [7, 11) is -4.66. The third-order valence-corrected chi connectivity index (χ3v) is 6.79. The molecule has 0 aromatic carbocycles. The van der Waals surface area contributed by atoms with E-state index in [1.54, 1.807) is 0 Å². The Labute approximate surface area is 192 Å². The molecule has 12 heteroatoms. The highest BCUT2D eigenvalue weighted by atomic mass is 31.2. The van der Waals surface area contributed by atoms with Gasteiger partial charge in [0, 0.05) is 0 Å². The first-order valence-corrected chi connectivity index (χ1v) is 12.9. The van der Waals surface area contributed by atoms with Crippen LogP contribution in [0.4, 0.5) is 0 Å². The number of ether oxygens (including phenoxy) is 2. The summed E-state index contributed by atoms with van der Waals surface area (Å²) in [5, 5.41) is 2.92. The molecule has 1 saturated heterocycles. The van der Waals surface area contributed by atoms with Crippen molar-refractivity contribution in [3.63, 3.8) is 0 Å². The maximum absolute atomic E-state index is 13.1. The molecule has 1 fully saturated rings. The summed E-state index contributed by atoms with van der Waals surface area (Å²) in [6.07, 6.45) is 3.20. The summed E-state index contributed by atoms with van der Waals surface area (Å²) in [6, 6.07) is 2.23. The standard InChI is InChI=1S/C21H33N2O9P/c1-2-3-11-18(30-20(25)16-10-7-14-29-16)33(27,28)32-17(9-4-5-12-22)21(26)31-19(24)15-8-6-13-23-15/h7,10,14-15,17-18,23H,2-6,8-9,11-13,22H2,1H3,(H,27,28)/t15-,17?,18?/m0/s1. The van der Waals surface area contributed by atoms with Crippen LogP contribution in [0.2, 0.25) is 0 Å². The van der Waals surface area contributed by atoms with Gasteiger partial charge in [0.2, 0.25) is 11.6 Å². The third kappa shape index (κ3) is 8.68. The van der Waals surface area contributed by atoms with Crippen molar-refractivity contribution < 1.29 is 42.3 Å². The molecule has 0 spiro atoms. The van der Waals surface area contributed by atoms with Crippen molar-refractivity contribution in [3.05, 3.63) is 24.2 Å². The Morgan fingerprint density at radius 3 is 2.70 bits per heavy atom. The highest BCUT2D eigenvalue weighted by molar-refractivity contribution is 7.53. The first-order chi connectivity index (χ1) is 15.8. The molecule has 4 atom stereocenters. The van der Waals surface area contributed by atoms with Crippen LogP contribution in [-0.4, -0.2) is 53.9 Å². The van der Waals surface area contributed by atoms with Crippen molar-refractivity contribution in [1.82, 2.24) is 5.32 Å². The predicted octanol–water partition coefficient (Wildman–Crippen LogP) is 2.47. The Hall–Kier alpha value is -2.04. The molecule has 33 heavy (non-hydrogen) atoms. The van der Waals surface area contributed by atoms with Gasteiger partial charge in [-0.15, -0.1) is 0 Å². The van der Waals surface area contributed by atoms with E-state index in [1.165, 1.54) is 18.4 Å². The number of furan rings is 1. The van der Waals surface area contributed by atoms with Crippen LogP contribution in [0.1, 0.15) is 68.8 Å². The Balaban J connectivity index is 2.12. The Morgan fingerprint density at radius 1 is 1.30 bits per heavy atom. The molecular weight excluding hydrogens is 455 g/mol. The second kappa shape index (κ2) is 13.6. The van der Waals surface area contributed by atoms with E-state index in [-0.39, 0.29) is 18.6 Å². The van der Waals surface area contributed by atoms with Crippen LogP contribution in [0.25, 0.3) is 0 Å². The summed E-state index contributed by atoms with van der Waals surface area (Å²) in [5.74, 6) is -4.41. The van der Waals surface area contributed by atoms with Crippen LogP contribution >= 0.6 is 7.60 Å².